The Balaban J connectivity index is 0.00000181. The zero-order valence-corrected chi connectivity index (χ0v) is 17.7. The normalized spacial score (nSPS) is 24.4. The van der Waals surface area contributed by atoms with Crippen LogP contribution in [0.5, 0.6) is 23.0 Å². The summed E-state index contributed by atoms with van der Waals surface area (Å²) in [6, 6.07) is 7.87. The molecular weight excluding hydrogens is 442 g/mol. The molecule has 6 rings (SSSR count). The molecule has 0 N–H and O–H groups in total. The van der Waals surface area contributed by atoms with Crippen LogP contribution in [0.15, 0.2) is 24.3 Å². The minimum absolute atomic E-state index is 0. The molecule has 29 heavy (non-hydrogen) atoms. The molecule has 0 saturated heterocycles. The van der Waals surface area contributed by atoms with Crippen LogP contribution in [0, 0.1) is 0 Å². The van der Waals surface area contributed by atoms with Crippen molar-refractivity contribution in [3.05, 3.63) is 46.5 Å². The van der Waals surface area contributed by atoms with Crippen LogP contribution in [0.3, 0.4) is 0 Å². The highest BCUT2D eigenvalue weighted by Crippen LogP contribution is 2.53. The van der Waals surface area contributed by atoms with Gasteiger partial charge in [0.2, 0.25) is 13.6 Å². The number of hydrogen-bond acceptors (Lipinski definition) is 6. The molecule has 2 atom stereocenters. The van der Waals surface area contributed by atoms with Gasteiger partial charge in [-0.15, -0.1) is 0 Å². The first-order valence-corrected chi connectivity index (χ1v) is 9.41. The van der Waals surface area contributed by atoms with E-state index in [0.717, 1.165) is 35.6 Å². The lowest BCUT2D eigenvalue weighted by atomic mass is 9.84. The molecule has 0 aliphatic carbocycles. The third-order valence-electron chi connectivity index (χ3n) is 6.27. The average Bonchev–Trinajstić information content (AvgIpc) is 3.37. The lowest BCUT2D eigenvalue weighted by Gasteiger charge is -2.44. The maximum Gasteiger partial charge on any atom is 0.343 e. The first-order chi connectivity index (χ1) is 13.5. The fourth-order valence-electron chi connectivity index (χ4n) is 4.85. The fourth-order valence-corrected chi connectivity index (χ4v) is 4.85. The van der Waals surface area contributed by atoms with Crippen molar-refractivity contribution >= 4 is 5.97 Å². The number of carbonyl (C=O) groups excluding carboxylic acids is 1. The molecule has 4 heterocycles. The van der Waals surface area contributed by atoms with Gasteiger partial charge in [-0.2, -0.15) is 0 Å². The van der Waals surface area contributed by atoms with E-state index in [1.165, 1.54) is 5.56 Å². The molecule has 8 heteroatoms. The molecule has 152 valence electrons. The van der Waals surface area contributed by atoms with Crippen molar-refractivity contribution in [3.63, 3.8) is 0 Å². The molecular formula is C21H20BrNO6. The van der Waals surface area contributed by atoms with Crippen molar-refractivity contribution in [1.82, 2.24) is 0 Å². The highest BCUT2D eigenvalue weighted by atomic mass is 79.9. The SMILES string of the molecule is C[N+]1(C)CCc2cc3c(cc2C1C1OC(=O)c2c1ccc1c2OCO1)OCO3.[Br-]. The lowest BCUT2D eigenvalue weighted by Crippen LogP contribution is -3.00. The molecule has 0 saturated carbocycles. The minimum Gasteiger partial charge on any atom is -1.00 e. The summed E-state index contributed by atoms with van der Waals surface area (Å²) in [6.07, 6.45) is 0.538. The van der Waals surface area contributed by atoms with Gasteiger partial charge in [0.25, 0.3) is 0 Å². The van der Waals surface area contributed by atoms with Gasteiger partial charge in [-0.3, -0.25) is 0 Å². The van der Waals surface area contributed by atoms with Gasteiger partial charge in [-0.1, -0.05) is 6.07 Å². The van der Waals surface area contributed by atoms with E-state index < -0.39 is 6.10 Å². The molecule has 0 bridgehead atoms. The molecule has 2 aromatic rings. The zero-order chi connectivity index (χ0) is 19.0. The van der Waals surface area contributed by atoms with Crippen LogP contribution in [-0.4, -0.2) is 44.7 Å². The van der Waals surface area contributed by atoms with Crippen molar-refractivity contribution in [1.29, 1.82) is 0 Å². The number of esters is 1. The first kappa shape index (κ1) is 18.6. The Morgan fingerprint density at radius 3 is 2.48 bits per heavy atom. The molecule has 0 radical (unpaired) electrons. The van der Waals surface area contributed by atoms with Gasteiger partial charge in [0.1, 0.15) is 5.56 Å². The second-order valence-corrected chi connectivity index (χ2v) is 8.19. The topological polar surface area (TPSA) is 63.2 Å². The van der Waals surface area contributed by atoms with E-state index in [0.29, 0.717) is 21.5 Å². The number of hydrogen-bond donors (Lipinski definition) is 0. The van der Waals surface area contributed by atoms with E-state index >= 15 is 0 Å². The van der Waals surface area contributed by atoms with Crippen LogP contribution in [0.1, 0.15) is 39.2 Å². The molecule has 0 spiro atoms. The molecule has 4 aliphatic heterocycles. The highest BCUT2D eigenvalue weighted by Gasteiger charge is 2.50. The molecule has 0 amide bonds. The van der Waals surface area contributed by atoms with E-state index in [1.54, 1.807) is 0 Å². The van der Waals surface area contributed by atoms with Gasteiger partial charge in [-0.25, -0.2) is 4.79 Å². The summed E-state index contributed by atoms with van der Waals surface area (Å²) in [5.74, 6) is 2.28. The summed E-state index contributed by atoms with van der Waals surface area (Å²) in [4.78, 5) is 12.8. The number of likely N-dealkylation sites (N-methyl/N-ethyl adjacent to an activating group) is 1. The van der Waals surface area contributed by atoms with Crippen LogP contribution in [0.4, 0.5) is 0 Å². The van der Waals surface area contributed by atoms with Gasteiger partial charge >= 0.3 is 5.97 Å². The number of carbonyl (C=O) groups is 1. The van der Waals surface area contributed by atoms with Crippen molar-refractivity contribution in [2.45, 2.75) is 18.6 Å². The zero-order valence-electron chi connectivity index (χ0n) is 16.1. The minimum atomic E-state index is -0.397. The number of halogens is 1. The molecule has 7 nitrogen and oxygen atoms in total. The summed E-state index contributed by atoms with van der Waals surface area (Å²) in [6.45, 7) is 1.30. The Morgan fingerprint density at radius 2 is 1.66 bits per heavy atom. The Hall–Kier alpha value is -2.45. The van der Waals surface area contributed by atoms with Crippen molar-refractivity contribution < 1.29 is 49.9 Å². The van der Waals surface area contributed by atoms with Crippen LogP contribution in [0.2, 0.25) is 0 Å². The maximum absolute atomic E-state index is 12.8. The number of benzene rings is 2. The van der Waals surface area contributed by atoms with E-state index in [4.69, 9.17) is 23.7 Å². The number of nitrogens with zero attached hydrogens (tertiary/aromatic N) is 1. The average molecular weight is 462 g/mol. The van der Waals surface area contributed by atoms with Crippen molar-refractivity contribution in [3.8, 4) is 23.0 Å². The Labute approximate surface area is 178 Å². The highest BCUT2D eigenvalue weighted by molar-refractivity contribution is 5.98. The standard InChI is InChI=1S/C21H20NO6.BrH/c1-22(2)6-5-11-7-15-16(26-9-25-15)8-13(11)18(22)19-12-3-4-14-20(27-10-24-14)17(12)21(23)28-19;/h3-4,7-8,18-19H,5-6,9-10H2,1-2H3;1H/q+1;/p-1. The third-order valence-corrected chi connectivity index (χ3v) is 6.27. The van der Waals surface area contributed by atoms with Crippen molar-refractivity contribution in [2.24, 2.45) is 0 Å². The number of rotatable bonds is 1. The lowest BCUT2D eigenvalue weighted by molar-refractivity contribution is -0.927. The predicted octanol–water partition coefficient (Wildman–Crippen LogP) is -0.267. The van der Waals surface area contributed by atoms with Crippen molar-refractivity contribution in [2.75, 3.05) is 34.2 Å². The number of quaternary nitrogens is 1. The summed E-state index contributed by atoms with van der Waals surface area (Å²) in [7, 11) is 4.36. The third kappa shape index (κ3) is 2.55. The number of cyclic esters (lactones) is 1. The quantitative estimate of drug-likeness (QED) is 0.430. The molecule has 2 unspecified atom stereocenters. The van der Waals surface area contributed by atoms with Gasteiger partial charge in [0.15, 0.2) is 35.1 Å². The summed E-state index contributed by atoms with van der Waals surface area (Å²) in [5, 5.41) is 0. The largest absolute Gasteiger partial charge is 1.00 e. The Kier molecular flexibility index (Phi) is 4.02. The predicted molar refractivity (Wildman–Crippen MR) is 96.7 cm³/mol. The maximum atomic E-state index is 12.8. The van der Waals surface area contributed by atoms with Gasteiger partial charge in [0, 0.05) is 17.5 Å². The second kappa shape index (κ2) is 6.27. The number of ether oxygens (including phenoxy) is 5. The Morgan fingerprint density at radius 1 is 0.931 bits per heavy atom. The van der Waals surface area contributed by atoms with Crippen LogP contribution in [0.25, 0.3) is 0 Å². The van der Waals surface area contributed by atoms with Crippen LogP contribution < -0.4 is 35.9 Å². The monoisotopic (exact) mass is 461 g/mol. The summed E-state index contributed by atoms with van der Waals surface area (Å²) >= 11 is 0. The molecule has 0 aromatic heterocycles. The van der Waals surface area contributed by atoms with Crippen LogP contribution >= 0.6 is 0 Å². The van der Waals surface area contributed by atoms with E-state index in [9.17, 15) is 4.79 Å². The fraction of sp³-hybridized carbons (Fsp3) is 0.381. The second-order valence-electron chi connectivity index (χ2n) is 8.19. The molecule has 4 aliphatic rings. The molecule has 0 fully saturated rings. The van der Waals surface area contributed by atoms with Gasteiger partial charge in [0.05, 0.1) is 20.6 Å². The van der Waals surface area contributed by atoms with E-state index in [1.807, 2.05) is 12.1 Å². The van der Waals surface area contributed by atoms with Crippen LogP contribution in [-0.2, 0) is 11.2 Å². The summed E-state index contributed by atoms with van der Waals surface area (Å²) < 4.78 is 28.8. The molecule has 2 aromatic carbocycles. The van der Waals surface area contributed by atoms with E-state index in [2.05, 4.69) is 26.2 Å². The smallest absolute Gasteiger partial charge is 0.343 e. The van der Waals surface area contributed by atoms with Gasteiger partial charge < -0.3 is 45.1 Å². The summed E-state index contributed by atoms with van der Waals surface area (Å²) in [5.41, 5.74) is 3.71. The number of fused-ring (bicyclic) bond motifs is 5. The first-order valence-electron chi connectivity index (χ1n) is 9.41. The van der Waals surface area contributed by atoms with Gasteiger partial charge in [-0.05, 0) is 23.8 Å². The van der Waals surface area contributed by atoms with E-state index in [-0.39, 0.29) is 42.6 Å². The Bertz CT molecular complexity index is 1040.